The van der Waals surface area contributed by atoms with Gasteiger partial charge in [0, 0.05) is 12.0 Å². The maximum atomic E-state index is 12.8. The highest BCUT2D eigenvalue weighted by molar-refractivity contribution is 5.79. The van der Waals surface area contributed by atoms with Crippen molar-refractivity contribution in [1.29, 1.82) is 5.26 Å². The second-order valence-corrected chi connectivity index (χ2v) is 7.34. The summed E-state index contributed by atoms with van der Waals surface area (Å²) in [6.07, 6.45) is 7.54. The Balaban J connectivity index is 1.56. The number of benzene rings is 1. The number of hydrogen-bond acceptors (Lipinski definition) is 6. The highest BCUT2D eigenvalue weighted by Crippen LogP contribution is 2.34. The topological polar surface area (TPSA) is 118 Å². The number of nitrogens with one attached hydrogen (secondary N) is 1. The molecule has 146 valence electrons. The highest BCUT2D eigenvalue weighted by Gasteiger charge is 2.27. The molecule has 1 N–H and O–H groups in total. The average molecular weight is 397 g/mol. The Kier molecular flexibility index (Phi) is 3.43. The van der Waals surface area contributed by atoms with Gasteiger partial charge in [-0.3, -0.25) is 9.13 Å². The molecule has 4 heterocycles. The summed E-state index contributed by atoms with van der Waals surface area (Å²) >= 11 is 0. The SMILES string of the molecule is N#Cc1ccc2ncn(-c3ncc4[nH]c(=O)n(C5CCCc6occc65)c4n3)c2c1. The van der Waals surface area contributed by atoms with Crippen molar-refractivity contribution in [2.45, 2.75) is 25.3 Å². The fraction of sp³-hybridized carbons (Fsp3) is 0.190. The Morgan fingerprint density at radius 3 is 3.10 bits per heavy atom. The normalized spacial score (nSPS) is 16.0. The molecule has 1 aliphatic rings. The molecule has 9 heteroatoms. The molecule has 4 aromatic heterocycles. The van der Waals surface area contributed by atoms with Crippen molar-refractivity contribution < 1.29 is 4.42 Å². The molecule has 0 amide bonds. The first-order chi connectivity index (χ1) is 14.7. The molecule has 0 fully saturated rings. The monoisotopic (exact) mass is 397 g/mol. The van der Waals surface area contributed by atoms with E-state index in [2.05, 4.69) is 21.0 Å². The van der Waals surface area contributed by atoms with Gasteiger partial charge in [0.05, 0.1) is 41.2 Å². The van der Waals surface area contributed by atoms with E-state index in [-0.39, 0.29) is 11.7 Å². The van der Waals surface area contributed by atoms with E-state index in [1.807, 2.05) is 6.07 Å². The minimum atomic E-state index is -0.224. The summed E-state index contributed by atoms with van der Waals surface area (Å²) in [6, 6.07) is 9.19. The van der Waals surface area contributed by atoms with Crippen LogP contribution in [-0.2, 0) is 6.42 Å². The van der Waals surface area contributed by atoms with Gasteiger partial charge in [-0.2, -0.15) is 10.2 Å². The van der Waals surface area contributed by atoms with Gasteiger partial charge in [0.25, 0.3) is 0 Å². The lowest BCUT2D eigenvalue weighted by Crippen LogP contribution is -2.26. The number of fused-ring (bicyclic) bond motifs is 3. The number of hydrogen-bond donors (Lipinski definition) is 1. The van der Waals surface area contributed by atoms with E-state index < -0.39 is 0 Å². The van der Waals surface area contributed by atoms with Crippen molar-refractivity contribution in [2.75, 3.05) is 0 Å². The molecule has 30 heavy (non-hydrogen) atoms. The van der Waals surface area contributed by atoms with Crippen molar-refractivity contribution in [2.24, 2.45) is 0 Å². The Labute approximate surface area is 169 Å². The minimum absolute atomic E-state index is 0.138. The predicted octanol–water partition coefficient (Wildman–Crippen LogP) is 2.85. The molecule has 0 radical (unpaired) electrons. The summed E-state index contributed by atoms with van der Waals surface area (Å²) in [5.41, 5.74) is 3.89. The predicted molar refractivity (Wildman–Crippen MR) is 107 cm³/mol. The fourth-order valence-electron chi connectivity index (χ4n) is 4.28. The summed E-state index contributed by atoms with van der Waals surface area (Å²) in [5, 5.41) is 9.22. The molecule has 6 rings (SSSR count). The first kappa shape index (κ1) is 16.7. The maximum absolute atomic E-state index is 12.8. The first-order valence-electron chi connectivity index (χ1n) is 9.64. The fourth-order valence-corrected chi connectivity index (χ4v) is 4.28. The number of nitriles is 1. The van der Waals surface area contributed by atoms with Crippen LogP contribution in [0.2, 0.25) is 0 Å². The maximum Gasteiger partial charge on any atom is 0.328 e. The zero-order chi connectivity index (χ0) is 20.2. The van der Waals surface area contributed by atoms with Crippen molar-refractivity contribution in [3.63, 3.8) is 0 Å². The van der Waals surface area contributed by atoms with E-state index in [0.717, 1.165) is 41.6 Å². The van der Waals surface area contributed by atoms with Crippen molar-refractivity contribution >= 4 is 22.2 Å². The number of imidazole rings is 2. The summed E-state index contributed by atoms with van der Waals surface area (Å²) in [7, 11) is 0. The van der Waals surface area contributed by atoms with Gasteiger partial charge in [-0.15, -0.1) is 0 Å². The second-order valence-electron chi connectivity index (χ2n) is 7.34. The van der Waals surface area contributed by atoms with Crippen LogP contribution in [0.1, 0.15) is 35.8 Å². The second kappa shape index (κ2) is 6.15. The molecule has 0 bridgehead atoms. The number of rotatable bonds is 2. The molecule has 0 saturated heterocycles. The summed E-state index contributed by atoms with van der Waals surface area (Å²) in [6.45, 7) is 0. The molecule has 1 aromatic carbocycles. The van der Waals surface area contributed by atoms with Crippen molar-refractivity contribution in [1.82, 2.24) is 29.1 Å². The molecule has 1 unspecified atom stereocenters. The third-order valence-electron chi connectivity index (χ3n) is 5.67. The third kappa shape index (κ3) is 2.34. The Bertz CT molecular complexity index is 1530. The third-order valence-corrected chi connectivity index (χ3v) is 5.67. The van der Waals surface area contributed by atoms with Crippen LogP contribution < -0.4 is 5.69 Å². The number of aromatic nitrogens is 6. The lowest BCUT2D eigenvalue weighted by Gasteiger charge is -2.22. The van der Waals surface area contributed by atoms with Gasteiger partial charge in [0.15, 0.2) is 5.65 Å². The molecule has 0 saturated carbocycles. The van der Waals surface area contributed by atoms with Crippen LogP contribution in [0.25, 0.3) is 28.1 Å². The number of nitrogens with zero attached hydrogens (tertiary/aromatic N) is 6. The molecule has 1 atom stereocenters. The number of H-pyrrole nitrogens is 1. The highest BCUT2D eigenvalue weighted by atomic mass is 16.3. The van der Waals surface area contributed by atoms with Gasteiger partial charge in [-0.25, -0.2) is 14.8 Å². The minimum Gasteiger partial charge on any atom is -0.469 e. The Morgan fingerprint density at radius 1 is 1.27 bits per heavy atom. The van der Waals surface area contributed by atoms with Gasteiger partial charge in [0.1, 0.15) is 17.6 Å². The van der Waals surface area contributed by atoms with E-state index in [9.17, 15) is 10.1 Å². The summed E-state index contributed by atoms with van der Waals surface area (Å²) in [5.74, 6) is 1.31. The molecule has 5 aromatic rings. The van der Waals surface area contributed by atoms with Crippen LogP contribution in [0.5, 0.6) is 0 Å². The molecular weight excluding hydrogens is 382 g/mol. The van der Waals surface area contributed by atoms with Gasteiger partial charge < -0.3 is 9.40 Å². The van der Waals surface area contributed by atoms with Crippen molar-refractivity contribution in [3.8, 4) is 12.0 Å². The van der Waals surface area contributed by atoms with Crippen molar-refractivity contribution in [3.05, 3.63) is 70.4 Å². The van der Waals surface area contributed by atoms with Gasteiger partial charge in [-0.1, -0.05) is 0 Å². The molecular formula is C21H15N7O2. The first-order valence-corrected chi connectivity index (χ1v) is 9.64. The number of aryl methyl sites for hydroxylation is 1. The van der Waals surface area contributed by atoms with Crippen LogP contribution in [0.3, 0.4) is 0 Å². The molecule has 9 nitrogen and oxygen atoms in total. The largest absolute Gasteiger partial charge is 0.469 e. The van der Waals surface area contributed by atoms with Crippen LogP contribution in [0.15, 0.2) is 52.3 Å². The average Bonchev–Trinajstić information content (AvgIpc) is 3.48. The van der Waals surface area contributed by atoms with Gasteiger partial charge in [-0.05, 0) is 37.1 Å². The van der Waals surface area contributed by atoms with Crippen LogP contribution in [-0.4, -0.2) is 29.1 Å². The van der Waals surface area contributed by atoms with E-state index in [1.165, 1.54) is 0 Å². The lowest BCUT2D eigenvalue weighted by molar-refractivity contribution is 0.424. The van der Waals surface area contributed by atoms with Gasteiger partial charge >= 0.3 is 5.69 Å². The zero-order valence-corrected chi connectivity index (χ0v) is 15.7. The Morgan fingerprint density at radius 2 is 2.20 bits per heavy atom. The van der Waals surface area contributed by atoms with Crippen LogP contribution >= 0.6 is 0 Å². The lowest BCUT2D eigenvalue weighted by atomic mass is 9.93. The van der Waals surface area contributed by atoms with E-state index >= 15 is 0 Å². The molecule has 0 spiro atoms. The molecule has 0 aliphatic heterocycles. The van der Waals surface area contributed by atoms with Crippen LogP contribution in [0.4, 0.5) is 0 Å². The quantitative estimate of drug-likeness (QED) is 0.489. The summed E-state index contributed by atoms with van der Waals surface area (Å²) < 4.78 is 9.00. The zero-order valence-electron chi connectivity index (χ0n) is 15.7. The summed E-state index contributed by atoms with van der Waals surface area (Å²) in [4.78, 5) is 29.2. The van der Waals surface area contributed by atoms with Crippen LogP contribution in [0, 0.1) is 11.3 Å². The number of aromatic amines is 1. The smallest absolute Gasteiger partial charge is 0.328 e. The van der Waals surface area contributed by atoms with E-state index in [4.69, 9.17) is 9.40 Å². The number of furan rings is 1. The molecule has 1 aliphatic carbocycles. The standard InChI is InChI=1S/C21H15N7O2/c22-9-12-4-5-14-17(8-12)27(11-24-14)20-23-10-15-19(26-20)28(21(29)25-15)16-2-1-3-18-13(16)6-7-30-18/h4-8,10-11,16H,1-3H2,(H,25,29). The van der Waals surface area contributed by atoms with E-state index in [0.29, 0.717) is 22.7 Å². The van der Waals surface area contributed by atoms with Gasteiger partial charge in [0.2, 0.25) is 5.95 Å². The Hall–Kier alpha value is -4.19. The van der Waals surface area contributed by atoms with E-state index in [1.54, 1.807) is 46.1 Å².